The van der Waals surface area contributed by atoms with Crippen LogP contribution < -0.4 is 15.1 Å². The van der Waals surface area contributed by atoms with Crippen LogP contribution in [-0.2, 0) is 9.47 Å². The fourth-order valence-electron chi connectivity index (χ4n) is 7.75. The van der Waals surface area contributed by atoms with Gasteiger partial charge in [-0.15, -0.1) is 0 Å². The number of azo groups is 2. The second-order valence-corrected chi connectivity index (χ2v) is 16.2. The smallest absolute Gasteiger partial charge is 0.338 e. The molecule has 1 N–H and O–H groups in total. The summed E-state index contributed by atoms with van der Waals surface area (Å²) in [5.74, 6) is -4.05. The summed E-state index contributed by atoms with van der Waals surface area (Å²) in [6.07, 6.45) is 0. The van der Waals surface area contributed by atoms with Crippen LogP contribution in [-0.4, -0.2) is 61.9 Å². The number of benzene rings is 6. The van der Waals surface area contributed by atoms with Crippen molar-refractivity contribution in [3.63, 3.8) is 0 Å². The first-order chi connectivity index (χ1) is 37.4. The Hall–Kier alpha value is -12.0. The molecule has 368 valence electrons. The van der Waals surface area contributed by atoms with E-state index in [9.17, 15) is 49.8 Å². The number of esters is 2. The average molecular weight is 1010 g/mol. The van der Waals surface area contributed by atoms with Crippen LogP contribution in [0.1, 0.15) is 73.3 Å². The summed E-state index contributed by atoms with van der Waals surface area (Å²) in [6.45, 7) is -0.204. The molecular formula is C56H31N13O8. The molecule has 77 heavy (non-hydrogen) atoms. The van der Waals surface area contributed by atoms with E-state index in [1.807, 2.05) is 12.1 Å². The number of carbonyl (C=O) groups is 6. The average Bonchev–Trinajstić information content (AvgIpc) is 3.90. The number of ether oxygens (including phenoxy) is 2. The number of anilines is 2. The lowest BCUT2D eigenvalue weighted by molar-refractivity contribution is 0.0502. The Morgan fingerprint density at radius 1 is 0.455 bits per heavy atom. The molecule has 2 aliphatic heterocycles. The minimum Gasteiger partial charge on any atom is -0.460 e. The van der Waals surface area contributed by atoms with Crippen LogP contribution in [0.5, 0.6) is 0 Å². The second-order valence-electron chi connectivity index (χ2n) is 16.2. The maximum absolute atomic E-state index is 13.7. The van der Waals surface area contributed by atoms with E-state index in [0.29, 0.717) is 39.6 Å². The maximum atomic E-state index is 13.7. The monoisotopic (exact) mass is 1010 g/mol. The highest BCUT2D eigenvalue weighted by atomic mass is 16.5. The van der Waals surface area contributed by atoms with Crippen molar-refractivity contribution >= 4 is 80.8 Å². The number of rotatable bonds is 16. The second kappa shape index (κ2) is 23.0. The first kappa shape index (κ1) is 51.3. The van der Waals surface area contributed by atoms with Crippen molar-refractivity contribution in [2.24, 2.45) is 20.5 Å². The molecular weight excluding hydrogens is 983 g/mol. The van der Waals surface area contributed by atoms with Gasteiger partial charge in [0.25, 0.3) is 23.6 Å². The molecule has 6 aromatic carbocycles. The van der Waals surface area contributed by atoms with E-state index in [-0.39, 0.29) is 87.7 Å². The highest BCUT2D eigenvalue weighted by molar-refractivity contribution is 6.34. The molecule has 4 amide bonds. The van der Waals surface area contributed by atoms with Crippen molar-refractivity contribution in [2.45, 2.75) is 0 Å². The summed E-state index contributed by atoms with van der Waals surface area (Å²) < 4.78 is 11.2. The molecule has 6 aromatic rings. The molecule has 0 saturated carbocycles. The molecule has 0 aliphatic carbocycles. The molecule has 0 unspecified atom stereocenters. The number of hydrogen-bond acceptors (Lipinski definition) is 19. The van der Waals surface area contributed by atoms with Crippen LogP contribution in [0.3, 0.4) is 0 Å². The molecule has 21 nitrogen and oxygen atoms in total. The van der Waals surface area contributed by atoms with Crippen molar-refractivity contribution in [1.29, 1.82) is 31.6 Å². The van der Waals surface area contributed by atoms with Crippen LogP contribution in [0.4, 0.5) is 34.1 Å². The van der Waals surface area contributed by atoms with Crippen molar-refractivity contribution < 1.29 is 38.2 Å². The molecule has 0 aromatic heterocycles. The number of carbonyl (C=O) groups excluding carboxylic acids is 6. The van der Waals surface area contributed by atoms with Gasteiger partial charge in [-0.1, -0.05) is 24.3 Å². The van der Waals surface area contributed by atoms with Crippen molar-refractivity contribution in [1.82, 2.24) is 5.32 Å². The molecule has 0 atom stereocenters. The predicted molar refractivity (Wildman–Crippen MR) is 270 cm³/mol. The van der Waals surface area contributed by atoms with Gasteiger partial charge >= 0.3 is 11.9 Å². The van der Waals surface area contributed by atoms with Gasteiger partial charge in [-0.25, -0.2) is 14.5 Å². The lowest BCUT2D eigenvalue weighted by atomic mass is 10.0. The number of nitriles is 6. The number of nitrogens with one attached hydrogen (secondary N) is 1. The summed E-state index contributed by atoms with van der Waals surface area (Å²) in [5.41, 5.74) is 2.66. The SMILES string of the molecule is N#CC(C#N)=C(C#N)c1ccc(N=Nc2ccc(N(CCOC(=O)c3ccc4c(c3)C(=O)NC4=O)CCOC(=O)c3ccc4c(c3)C(=O)N(c3ccc(N=Nc5ccc(C(C#N)=C(C#N)C#N)cc5)cc3)C4=O)cc2)cc1. The van der Waals surface area contributed by atoms with Gasteiger partial charge < -0.3 is 14.4 Å². The Kier molecular flexibility index (Phi) is 15.3. The van der Waals surface area contributed by atoms with E-state index in [1.165, 1.54) is 84.9 Å². The predicted octanol–water partition coefficient (Wildman–Crippen LogP) is 9.37. The number of nitrogens with zero attached hydrogens (tertiary/aromatic N) is 12. The van der Waals surface area contributed by atoms with Crippen LogP contribution in [0.15, 0.2) is 165 Å². The highest BCUT2D eigenvalue weighted by Crippen LogP contribution is 2.32. The highest BCUT2D eigenvalue weighted by Gasteiger charge is 2.37. The normalized spacial score (nSPS) is 11.9. The summed E-state index contributed by atoms with van der Waals surface area (Å²) in [6, 6.07) is 43.7. The molecule has 8 rings (SSSR count). The lowest BCUT2D eigenvalue weighted by Gasteiger charge is -2.24. The summed E-state index contributed by atoms with van der Waals surface area (Å²) >= 11 is 0. The van der Waals surface area contributed by atoms with E-state index in [4.69, 9.17) is 20.0 Å². The van der Waals surface area contributed by atoms with Gasteiger partial charge in [-0.3, -0.25) is 24.5 Å². The van der Waals surface area contributed by atoms with Crippen LogP contribution >= 0.6 is 0 Å². The van der Waals surface area contributed by atoms with E-state index in [1.54, 1.807) is 77.7 Å². The van der Waals surface area contributed by atoms with Crippen LogP contribution in [0, 0.1) is 68.0 Å². The third-order valence-corrected chi connectivity index (χ3v) is 11.6. The number of fused-ring (bicyclic) bond motifs is 2. The van der Waals surface area contributed by atoms with Crippen LogP contribution in [0.25, 0.3) is 11.1 Å². The maximum Gasteiger partial charge on any atom is 0.338 e. The van der Waals surface area contributed by atoms with Crippen molar-refractivity contribution in [3.05, 3.63) is 189 Å². The van der Waals surface area contributed by atoms with Gasteiger partial charge in [-0.2, -0.15) is 52.0 Å². The fourth-order valence-corrected chi connectivity index (χ4v) is 7.75. The number of imide groups is 2. The molecule has 21 heteroatoms. The minimum absolute atomic E-state index is 0.00315. The number of hydrogen-bond donors (Lipinski definition) is 1. The summed E-state index contributed by atoms with van der Waals surface area (Å²) in [7, 11) is 0. The first-order valence-electron chi connectivity index (χ1n) is 22.6. The Labute approximate surface area is 436 Å². The Morgan fingerprint density at radius 3 is 1.27 bits per heavy atom. The molecule has 0 saturated heterocycles. The molecule has 2 heterocycles. The molecule has 0 spiro atoms. The minimum atomic E-state index is -0.795. The van der Waals surface area contributed by atoms with E-state index in [2.05, 4.69) is 25.8 Å². The van der Waals surface area contributed by atoms with Gasteiger partial charge in [0.2, 0.25) is 0 Å². The molecule has 2 aliphatic rings. The van der Waals surface area contributed by atoms with Gasteiger partial charge in [0, 0.05) is 5.69 Å². The van der Waals surface area contributed by atoms with E-state index < -0.39 is 35.6 Å². The van der Waals surface area contributed by atoms with Crippen molar-refractivity contribution in [2.75, 3.05) is 36.1 Å². The summed E-state index contributed by atoms with van der Waals surface area (Å²) in [4.78, 5) is 80.7. The third kappa shape index (κ3) is 11.2. The molecule has 0 bridgehead atoms. The zero-order valence-corrected chi connectivity index (χ0v) is 39.7. The lowest BCUT2D eigenvalue weighted by Crippen LogP contribution is -2.32. The Bertz CT molecular complexity index is 3830. The van der Waals surface area contributed by atoms with Gasteiger partial charge in [0.15, 0.2) is 0 Å². The number of amides is 4. The quantitative estimate of drug-likeness (QED) is 0.0408. The van der Waals surface area contributed by atoms with Crippen molar-refractivity contribution in [3.8, 4) is 36.4 Å². The zero-order chi connectivity index (χ0) is 54.6. The number of allylic oxidation sites excluding steroid dienone is 4. The van der Waals surface area contributed by atoms with E-state index >= 15 is 0 Å². The Morgan fingerprint density at radius 2 is 0.831 bits per heavy atom. The third-order valence-electron chi connectivity index (χ3n) is 11.6. The standard InChI is InChI=1S/C56H31N13O8/c57-27-37(28-58)49(31-61)33-1-7-39(8-2-33)64-66-41-11-15-43(16-12-41)68(21-23-76-55(74)35-5-19-45-47(25-35)52(71)63-51(45)70)22-24-77-56(75)36-6-20-46-48(26-36)54(73)69(53(46)72)44-17-13-42(14-18-44)67-65-40-9-3-34(4-10-40)50(32-62)38(29-59)30-60/h1-20,25-26H,21-24H2,(H,63,70,71). The Balaban J connectivity index is 0.915. The largest absolute Gasteiger partial charge is 0.460 e. The van der Waals surface area contributed by atoms with Gasteiger partial charge in [0.05, 0.1) is 86.1 Å². The topological polar surface area (TPSA) is 332 Å². The summed E-state index contributed by atoms with van der Waals surface area (Å²) in [5, 5.41) is 74.5. The van der Waals surface area contributed by atoms with E-state index in [0.717, 1.165) is 4.90 Å². The molecule has 0 radical (unpaired) electrons. The van der Waals surface area contributed by atoms with Gasteiger partial charge in [0.1, 0.15) is 60.8 Å². The fraction of sp³-hybridized carbons (Fsp3) is 0.0714. The van der Waals surface area contributed by atoms with Crippen LogP contribution in [0.2, 0.25) is 0 Å². The zero-order valence-electron chi connectivity index (χ0n) is 39.7. The molecule has 0 fully saturated rings. The van der Waals surface area contributed by atoms with Gasteiger partial charge in [-0.05, 0) is 120 Å². The first-order valence-corrected chi connectivity index (χ1v) is 22.6.